The van der Waals surface area contributed by atoms with E-state index in [0.717, 1.165) is 12.1 Å². The maximum atomic E-state index is 13.2. The Morgan fingerprint density at radius 3 is 2.65 bits per heavy atom. The van der Waals surface area contributed by atoms with Crippen LogP contribution in [0.3, 0.4) is 0 Å². The largest absolute Gasteiger partial charge is 0.481 e. The monoisotopic (exact) mass is 239 g/mol. The molecule has 0 saturated heterocycles. The summed E-state index contributed by atoms with van der Waals surface area (Å²) in [6.45, 7) is 0. The van der Waals surface area contributed by atoms with Gasteiger partial charge in [-0.1, -0.05) is 6.07 Å². The molecule has 0 saturated carbocycles. The molecule has 2 unspecified atom stereocenters. The number of hydrogen-bond donors (Lipinski definition) is 3. The minimum atomic E-state index is -1.64. The van der Waals surface area contributed by atoms with Gasteiger partial charge in [-0.3, -0.25) is 4.79 Å². The molecule has 6 heteroatoms. The summed E-state index contributed by atoms with van der Waals surface area (Å²) in [6.07, 6.45) is -3.67. The van der Waals surface area contributed by atoms with E-state index in [-0.39, 0.29) is 11.1 Å². The number of aliphatic hydroxyl groups excluding tert-OH is 2. The SMILES string of the molecule is N#CC(O)C(O)c1ccc(F)c(CC(=O)O)c1. The molecule has 0 aliphatic heterocycles. The summed E-state index contributed by atoms with van der Waals surface area (Å²) in [6, 6.07) is 4.73. The third-order valence-corrected chi connectivity index (χ3v) is 2.18. The summed E-state index contributed by atoms with van der Waals surface area (Å²) in [5.41, 5.74) is -0.0177. The number of rotatable bonds is 4. The highest BCUT2D eigenvalue weighted by Crippen LogP contribution is 2.20. The Morgan fingerprint density at radius 2 is 2.12 bits per heavy atom. The molecule has 0 aliphatic carbocycles. The van der Waals surface area contributed by atoms with Crippen molar-refractivity contribution in [1.82, 2.24) is 0 Å². The number of nitrogens with zero attached hydrogens (tertiary/aromatic N) is 1. The van der Waals surface area contributed by atoms with Gasteiger partial charge in [-0.05, 0) is 23.3 Å². The zero-order chi connectivity index (χ0) is 13.0. The average Bonchev–Trinajstić information content (AvgIpc) is 2.29. The van der Waals surface area contributed by atoms with Crippen molar-refractivity contribution >= 4 is 5.97 Å². The van der Waals surface area contributed by atoms with E-state index in [1.165, 1.54) is 12.1 Å². The van der Waals surface area contributed by atoms with E-state index in [1.54, 1.807) is 0 Å². The predicted octanol–water partition coefficient (Wildman–Crippen LogP) is 0.371. The lowest BCUT2D eigenvalue weighted by molar-refractivity contribution is -0.136. The smallest absolute Gasteiger partial charge is 0.307 e. The maximum absolute atomic E-state index is 13.2. The molecule has 2 atom stereocenters. The van der Waals surface area contributed by atoms with Gasteiger partial charge in [0.1, 0.15) is 11.9 Å². The fourth-order valence-electron chi connectivity index (χ4n) is 1.33. The quantitative estimate of drug-likeness (QED) is 0.659. The van der Waals surface area contributed by atoms with Crippen LogP contribution in [0, 0.1) is 17.1 Å². The molecule has 90 valence electrons. The lowest BCUT2D eigenvalue weighted by atomic mass is 10.0. The minimum Gasteiger partial charge on any atom is -0.481 e. The first-order valence-corrected chi connectivity index (χ1v) is 4.71. The molecule has 3 N–H and O–H groups in total. The van der Waals surface area contributed by atoms with Crippen molar-refractivity contribution in [2.45, 2.75) is 18.6 Å². The van der Waals surface area contributed by atoms with E-state index in [0.29, 0.717) is 0 Å². The first-order chi connectivity index (χ1) is 7.95. The molecule has 0 aromatic heterocycles. The number of carboxylic acid groups (broad SMARTS) is 1. The molecule has 5 nitrogen and oxygen atoms in total. The zero-order valence-electron chi connectivity index (χ0n) is 8.67. The van der Waals surface area contributed by atoms with Crippen LogP contribution in [0.2, 0.25) is 0 Å². The van der Waals surface area contributed by atoms with E-state index in [2.05, 4.69) is 0 Å². The molecule has 0 bridgehead atoms. The van der Waals surface area contributed by atoms with Crippen LogP contribution in [0.1, 0.15) is 17.2 Å². The molecule has 0 aliphatic rings. The van der Waals surface area contributed by atoms with E-state index in [9.17, 15) is 14.3 Å². The summed E-state index contributed by atoms with van der Waals surface area (Å²) in [4.78, 5) is 10.5. The Hall–Kier alpha value is -1.97. The van der Waals surface area contributed by atoms with Gasteiger partial charge in [0.2, 0.25) is 0 Å². The van der Waals surface area contributed by atoms with Gasteiger partial charge < -0.3 is 15.3 Å². The fraction of sp³-hybridized carbons (Fsp3) is 0.273. The van der Waals surface area contributed by atoms with Crippen molar-refractivity contribution in [2.75, 3.05) is 0 Å². The number of aliphatic carboxylic acids is 1. The number of nitriles is 1. The fourth-order valence-corrected chi connectivity index (χ4v) is 1.33. The Bertz CT molecular complexity index is 469. The summed E-state index contributed by atoms with van der Waals surface area (Å²) in [5.74, 6) is -1.92. The standard InChI is InChI=1S/C11H10FNO4/c12-8-2-1-6(11(17)9(14)5-13)3-7(8)4-10(15)16/h1-3,9,11,14,17H,4H2,(H,15,16). The molecule has 0 radical (unpaired) electrons. The van der Waals surface area contributed by atoms with Crippen molar-refractivity contribution in [3.63, 3.8) is 0 Å². The molecule has 1 aromatic carbocycles. The molecule has 1 aromatic rings. The zero-order valence-corrected chi connectivity index (χ0v) is 8.67. The molecule has 17 heavy (non-hydrogen) atoms. The number of carbonyl (C=O) groups is 1. The van der Waals surface area contributed by atoms with E-state index in [4.69, 9.17) is 15.5 Å². The topological polar surface area (TPSA) is 102 Å². The van der Waals surface area contributed by atoms with Gasteiger partial charge in [0.15, 0.2) is 6.10 Å². The van der Waals surface area contributed by atoms with Gasteiger partial charge in [0.05, 0.1) is 12.5 Å². The molecule has 0 spiro atoms. The third-order valence-electron chi connectivity index (χ3n) is 2.18. The predicted molar refractivity (Wildman–Crippen MR) is 54.3 cm³/mol. The molecular weight excluding hydrogens is 229 g/mol. The van der Waals surface area contributed by atoms with Gasteiger partial charge in [0, 0.05) is 0 Å². The van der Waals surface area contributed by atoms with Crippen molar-refractivity contribution in [2.24, 2.45) is 0 Å². The second-order valence-corrected chi connectivity index (χ2v) is 3.44. The molecule has 0 fully saturated rings. The highest BCUT2D eigenvalue weighted by atomic mass is 19.1. The lowest BCUT2D eigenvalue weighted by Gasteiger charge is -2.13. The van der Waals surface area contributed by atoms with Gasteiger partial charge >= 0.3 is 5.97 Å². The normalized spacial score (nSPS) is 13.8. The van der Waals surface area contributed by atoms with Crippen LogP contribution in [-0.4, -0.2) is 27.4 Å². The number of aliphatic hydroxyl groups is 2. The second-order valence-electron chi connectivity index (χ2n) is 3.44. The minimum absolute atomic E-state index is 0.0942. The molecule has 1 rings (SSSR count). The first-order valence-electron chi connectivity index (χ1n) is 4.71. The van der Waals surface area contributed by atoms with E-state index in [1.807, 2.05) is 0 Å². The van der Waals surface area contributed by atoms with Gasteiger partial charge in [0.25, 0.3) is 0 Å². The van der Waals surface area contributed by atoms with E-state index < -0.39 is 30.4 Å². The summed E-state index contributed by atoms with van der Waals surface area (Å²) in [7, 11) is 0. The lowest BCUT2D eigenvalue weighted by Crippen LogP contribution is -2.16. The highest BCUT2D eigenvalue weighted by Gasteiger charge is 2.19. The van der Waals surface area contributed by atoms with Crippen molar-refractivity contribution in [3.05, 3.63) is 35.1 Å². The summed E-state index contributed by atoms with van der Waals surface area (Å²) >= 11 is 0. The van der Waals surface area contributed by atoms with Crippen LogP contribution >= 0.6 is 0 Å². The summed E-state index contributed by atoms with van der Waals surface area (Å²) < 4.78 is 13.2. The average molecular weight is 239 g/mol. The second kappa shape index (κ2) is 5.39. The third kappa shape index (κ3) is 3.24. The van der Waals surface area contributed by atoms with Crippen molar-refractivity contribution in [3.8, 4) is 6.07 Å². The Balaban J connectivity index is 3.04. The van der Waals surface area contributed by atoms with Gasteiger partial charge in [-0.2, -0.15) is 5.26 Å². The van der Waals surface area contributed by atoms with E-state index >= 15 is 0 Å². The summed E-state index contributed by atoms with van der Waals surface area (Å²) in [5, 5.41) is 35.5. The Kier molecular flexibility index (Phi) is 4.15. The van der Waals surface area contributed by atoms with Crippen molar-refractivity contribution in [1.29, 1.82) is 5.26 Å². The maximum Gasteiger partial charge on any atom is 0.307 e. The van der Waals surface area contributed by atoms with Crippen LogP contribution in [-0.2, 0) is 11.2 Å². The van der Waals surface area contributed by atoms with Gasteiger partial charge in [-0.25, -0.2) is 4.39 Å². The number of carboxylic acids is 1. The number of halogens is 1. The van der Waals surface area contributed by atoms with Crippen LogP contribution in [0.5, 0.6) is 0 Å². The Morgan fingerprint density at radius 1 is 1.47 bits per heavy atom. The van der Waals surface area contributed by atoms with Crippen LogP contribution < -0.4 is 0 Å². The van der Waals surface area contributed by atoms with Crippen molar-refractivity contribution < 1.29 is 24.5 Å². The number of hydrogen-bond acceptors (Lipinski definition) is 4. The first kappa shape index (κ1) is 13.1. The molecule has 0 amide bonds. The molecular formula is C11H10FNO4. The van der Waals surface area contributed by atoms with Gasteiger partial charge in [-0.15, -0.1) is 0 Å². The van der Waals surface area contributed by atoms with Crippen LogP contribution in [0.4, 0.5) is 4.39 Å². The Labute approximate surface area is 96.4 Å². The molecule has 0 heterocycles. The highest BCUT2D eigenvalue weighted by molar-refractivity contribution is 5.70. The van der Waals surface area contributed by atoms with Crippen LogP contribution in [0.15, 0.2) is 18.2 Å². The number of benzene rings is 1. The van der Waals surface area contributed by atoms with Crippen LogP contribution in [0.25, 0.3) is 0 Å².